The summed E-state index contributed by atoms with van der Waals surface area (Å²) < 4.78 is 0. The van der Waals surface area contributed by atoms with E-state index in [1.54, 1.807) is 0 Å². The number of nitrogens with one attached hydrogen (secondary N) is 1. The SMILES string of the molecule is C[C@H]1CCC[C@H](C)N1C(=O)CSc1nc2ccccc2[nH]1. The predicted octanol–water partition coefficient (Wildman–Crippen LogP) is 3.44. The number of aromatic amines is 1. The van der Waals surface area contributed by atoms with Gasteiger partial charge in [0.2, 0.25) is 5.91 Å². The van der Waals surface area contributed by atoms with Crippen LogP contribution in [-0.4, -0.2) is 38.6 Å². The molecule has 1 aromatic carbocycles. The van der Waals surface area contributed by atoms with E-state index >= 15 is 0 Å². The Kier molecular flexibility index (Phi) is 4.19. The first-order valence-electron chi connectivity index (χ1n) is 7.54. The molecule has 2 aromatic rings. The molecule has 0 unspecified atom stereocenters. The number of hydrogen-bond acceptors (Lipinski definition) is 3. The Balaban J connectivity index is 1.65. The summed E-state index contributed by atoms with van der Waals surface area (Å²) in [6.45, 7) is 4.30. The number of likely N-dealkylation sites (tertiary alicyclic amines) is 1. The molecule has 0 saturated carbocycles. The lowest BCUT2D eigenvalue weighted by Gasteiger charge is -2.39. The molecule has 0 radical (unpaired) electrons. The molecule has 112 valence electrons. The summed E-state index contributed by atoms with van der Waals surface area (Å²) in [5, 5.41) is 0.821. The summed E-state index contributed by atoms with van der Waals surface area (Å²) in [6, 6.07) is 8.65. The minimum absolute atomic E-state index is 0.222. The molecule has 1 fully saturated rings. The van der Waals surface area contributed by atoms with Crippen molar-refractivity contribution < 1.29 is 4.79 Å². The van der Waals surface area contributed by atoms with Crippen LogP contribution in [-0.2, 0) is 4.79 Å². The second-order valence-corrected chi connectivity index (χ2v) is 6.74. The van der Waals surface area contributed by atoms with E-state index in [9.17, 15) is 4.79 Å². The summed E-state index contributed by atoms with van der Waals surface area (Å²) in [5.74, 6) is 0.675. The average molecular weight is 303 g/mol. The molecule has 4 nitrogen and oxygen atoms in total. The van der Waals surface area contributed by atoms with Crippen molar-refractivity contribution in [2.45, 2.75) is 50.4 Å². The van der Waals surface area contributed by atoms with E-state index in [1.807, 2.05) is 24.3 Å². The highest BCUT2D eigenvalue weighted by Crippen LogP contribution is 2.25. The van der Waals surface area contributed by atoms with Gasteiger partial charge in [-0.25, -0.2) is 4.98 Å². The molecular weight excluding hydrogens is 282 g/mol. The maximum absolute atomic E-state index is 12.5. The number of piperidine rings is 1. The van der Waals surface area contributed by atoms with Gasteiger partial charge in [0.05, 0.1) is 16.8 Å². The fourth-order valence-electron chi connectivity index (χ4n) is 3.12. The highest BCUT2D eigenvalue weighted by molar-refractivity contribution is 7.99. The fourth-order valence-corrected chi connectivity index (χ4v) is 3.87. The van der Waals surface area contributed by atoms with Crippen LogP contribution in [0.25, 0.3) is 11.0 Å². The molecule has 3 rings (SSSR count). The third kappa shape index (κ3) is 3.07. The van der Waals surface area contributed by atoms with Gasteiger partial charge in [0.1, 0.15) is 0 Å². The highest BCUT2D eigenvalue weighted by Gasteiger charge is 2.28. The number of carbonyl (C=O) groups excluding carboxylic acids is 1. The van der Waals surface area contributed by atoms with Crippen LogP contribution in [0, 0.1) is 0 Å². The molecule has 0 aliphatic carbocycles. The Morgan fingerprint density at radius 2 is 2.05 bits per heavy atom. The first-order chi connectivity index (χ1) is 10.1. The van der Waals surface area contributed by atoms with Crippen LogP contribution < -0.4 is 0 Å². The van der Waals surface area contributed by atoms with Gasteiger partial charge < -0.3 is 9.88 Å². The maximum Gasteiger partial charge on any atom is 0.233 e. The molecule has 1 saturated heterocycles. The summed E-state index contributed by atoms with van der Waals surface area (Å²) in [4.78, 5) is 22.3. The monoisotopic (exact) mass is 303 g/mol. The molecule has 2 heterocycles. The fraction of sp³-hybridized carbons (Fsp3) is 0.500. The van der Waals surface area contributed by atoms with Crippen molar-refractivity contribution in [2.75, 3.05) is 5.75 Å². The Labute approximate surface area is 129 Å². The Morgan fingerprint density at radius 3 is 2.76 bits per heavy atom. The van der Waals surface area contributed by atoms with Gasteiger partial charge >= 0.3 is 0 Å². The molecular formula is C16H21N3OS. The number of imidazole rings is 1. The largest absolute Gasteiger partial charge is 0.337 e. The van der Waals surface area contributed by atoms with Gasteiger partial charge in [0.25, 0.3) is 0 Å². The third-order valence-corrected chi connectivity index (χ3v) is 5.04. The van der Waals surface area contributed by atoms with Crippen molar-refractivity contribution in [1.29, 1.82) is 0 Å². The van der Waals surface area contributed by atoms with Crippen molar-refractivity contribution in [2.24, 2.45) is 0 Å². The van der Waals surface area contributed by atoms with E-state index in [2.05, 4.69) is 28.7 Å². The smallest absolute Gasteiger partial charge is 0.233 e. The first-order valence-corrected chi connectivity index (χ1v) is 8.52. The lowest BCUT2D eigenvalue weighted by molar-refractivity contribution is -0.134. The number of nitrogens with zero attached hydrogens (tertiary/aromatic N) is 2. The minimum Gasteiger partial charge on any atom is -0.337 e. The molecule has 2 atom stereocenters. The van der Waals surface area contributed by atoms with E-state index in [0.29, 0.717) is 17.8 Å². The van der Waals surface area contributed by atoms with Crippen molar-refractivity contribution >= 4 is 28.7 Å². The van der Waals surface area contributed by atoms with Crippen molar-refractivity contribution in [1.82, 2.24) is 14.9 Å². The second kappa shape index (κ2) is 6.10. The zero-order valence-corrected chi connectivity index (χ0v) is 13.3. The maximum atomic E-state index is 12.5. The van der Waals surface area contributed by atoms with Crippen LogP contribution in [0.4, 0.5) is 0 Å². The van der Waals surface area contributed by atoms with E-state index in [0.717, 1.165) is 29.0 Å². The summed E-state index contributed by atoms with van der Waals surface area (Å²) in [5.41, 5.74) is 1.97. The van der Waals surface area contributed by atoms with E-state index in [4.69, 9.17) is 0 Å². The van der Waals surface area contributed by atoms with Crippen LogP contribution in [0.5, 0.6) is 0 Å². The molecule has 1 N–H and O–H groups in total. The van der Waals surface area contributed by atoms with E-state index < -0.39 is 0 Å². The quantitative estimate of drug-likeness (QED) is 0.884. The number of rotatable bonds is 3. The minimum atomic E-state index is 0.222. The number of hydrogen-bond donors (Lipinski definition) is 1. The van der Waals surface area contributed by atoms with Gasteiger partial charge in [0, 0.05) is 12.1 Å². The van der Waals surface area contributed by atoms with Gasteiger partial charge in [-0.05, 0) is 45.2 Å². The van der Waals surface area contributed by atoms with E-state index in [-0.39, 0.29) is 5.91 Å². The number of fused-ring (bicyclic) bond motifs is 1. The number of thioether (sulfide) groups is 1. The molecule has 21 heavy (non-hydrogen) atoms. The van der Waals surface area contributed by atoms with E-state index in [1.165, 1.54) is 18.2 Å². The lowest BCUT2D eigenvalue weighted by atomic mass is 9.98. The standard InChI is InChI=1S/C16H21N3OS/c1-11-6-5-7-12(2)19(11)15(20)10-21-16-17-13-8-3-4-9-14(13)18-16/h3-4,8-9,11-12H,5-7,10H2,1-2H3,(H,17,18)/t11-,12-/m0/s1. The molecule has 0 bridgehead atoms. The van der Waals surface area contributed by atoms with Crippen molar-refractivity contribution in [3.63, 3.8) is 0 Å². The van der Waals surface area contributed by atoms with Gasteiger partial charge in [-0.15, -0.1) is 0 Å². The zero-order valence-electron chi connectivity index (χ0n) is 12.5. The van der Waals surface area contributed by atoms with Gasteiger partial charge in [-0.2, -0.15) is 0 Å². The van der Waals surface area contributed by atoms with Crippen molar-refractivity contribution in [3.05, 3.63) is 24.3 Å². The molecule has 0 spiro atoms. The number of aromatic nitrogens is 2. The lowest BCUT2D eigenvalue weighted by Crippen LogP contribution is -2.48. The Hall–Kier alpha value is -1.49. The Bertz CT molecular complexity index is 596. The molecule has 1 amide bonds. The van der Waals surface area contributed by atoms with Crippen LogP contribution in [0.3, 0.4) is 0 Å². The Morgan fingerprint density at radius 1 is 1.33 bits per heavy atom. The van der Waals surface area contributed by atoms with Crippen LogP contribution in [0.1, 0.15) is 33.1 Å². The zero-order chi connectivity index (χ0) is 14.8. The summed E-state index contributed by atoms with van der Waals surface area (Å²) in [6.07, 6.45) is 3.46. The summed E-state index contributed by atoms with van der Waals surface area (Å²) >= 11 is 1.49. The average Bonchev–Trinajstić information content (AvgIpc) is 2.87. The highest BCUT2D eigenvalue weighted by atomic mass is 32.2. The normalized spacial score (nSPS) is 22.7. The van der Waals surface area contributed by atoms with Crippen molar-refractivity contribution in [3.8, 4) is 0 Å². The van der Waals surface area contributed by atoms with Crippen LogP contribution >= 0.6 is 11.8 Å². The topological polar surface area (TPSA) is 49.0 Å². The molecule has 1 aliphatic heterocycles. The van der Waals surface area contributed by atoms with Gasteiger partial charge in [-0.1, -0.05) is 23.9 Å². The molecule has 1 aromatic heterocycles. The first kappa shape index (κ1) is 14.4. The predicted molar refractivity (Wildman–Crippen MR) is 86.4 cm³/mol. The van der Waals surface area contributed by atoms with Gasteiger partial charge in [0.15, 0.2) is 5.16 Å². The van der Waals surface area contributed by atoms with Crippen LogP contribution in [0.15, 0.2) is 29.4 Å². The molecule has 1 aliphatic rings. The number of para-hydroxylation sites is 2. The number of carbonyl (C=O) groups is 1. The van der Waals surface area contributed by atoms with Gasteiger partial charge in [-0.3, -0.25) is 4.79 Å². The second-order valence-electron chi connectivity index (χ2n) is 5.78. The number of amides is 1. The number of H-pyrrole nitrogens is 1. The molecule has 5 heteroatoms. The van der Waals surface area contributed by atoms with Crippen LogP contribution in [0.2, 0.25) is 0 Å². The summed E-state index contributed by atoms with van der Waals surface area (Å²) in [7, 11) is 0. The third-order valence-electron chi connectivity index (χ3n) is 4.18. The number of benzene rings is 1.